The fraction of sp³-hybridized carbons (Fsp3) is 0.133. The lowest BCUT2D eigenvalue weighted by atomic mass is 10.2. The largest absolute Gasteiger partial charge is 0.370 e. The van der Waals surface area contributed by atoms with Gasteiger partial charge in [0.2, 0.25) is 0 Å². The van der Waals surface area contributed by atoms with Gasteiger partial charge in [-0.25, -0.2) is 0 Å². The minimum absolute atomic E-state index is 0.475. The Labute approximate surface area is 122 Å². The molecule has 0 fully saturated rings. The highest BCUT2D eigenvalue weighted by Crippen LogP contribution is 2.23. The Hall–Kier alpha value is -1.69. The van der Waals surface area contributed by atoms with E-state index in [0.29, 0.717) is 10.6 Å². The molecular weight excluding hydrogens is 279 g/mol. The molecule has 0 aliphatic rings. The summed E-state index contributed by atoms with van der Waals surface area (Å²) in [5.74, 6) is 0. The molecule has 19 heavy (non-hydrogen) atoms. The molecule has 0 saturated heterocycles. The number of benzene rings is 2. The molecule has 0 spiro atoms. The number of nitrogens with zero attached hydrogens (tertiary/aromatic N) is 2. The van der Waals surface area contributed by atoms with Gasteiger partial charge < -0.3 is 4.90 Å². The molecule has 2 aromatic carbocycles. The Balaban J connectivity index is 2.16. The summed E-state index contributed by atoms with van der Waals surface area (Å²) in [5, 5.41) is 10.1. The lowest BCUT2D eigenvalue weighted by Crippen LogP contribution is -2.16. The van der Waals surface area contributed by atoms with E-state index in [1.54, 1.807) is 12.1 Å². The van der Waals surface area contributed by atoms with E-state index in [-0.39, 0.29) is 0 Å². The molecule has 2 aromatic rings. The van der Waals surface area contributed by atoms with Crippen LogP contribution < -0.4 is 4.90 Å². The van der Waals surface area contributed by atoms with Crippen molar-refractivity contribution >= 4 is 28.9 Å². The van der Waals surface area contributed by atoms with Crippen LogP contribution in [-0.2, 0) is 6.54 Å². The molecule has 0 radical (unpaired) electrons. The normalized spacial score (nSPS) is 10.0. The Morgan fingerprint density at radius 1 is 1.11 bits per heavy atom. The quantitative estimate of drug-likeness (QED) is 0.832. The summed E-state index contributed by atoms with van der Waals surface area (Å²) in [5.41, 5.74) is 2.62. The van der Waals surface area contributed by atoms with Crippen molar-refractivity contribution in [3.05, 3.63) is 63.6 Å². The van der Waals surface area contributed by atoms with E-state index in [0.717, 1.165) is 22.8 Å². The highest BCUT2D eigenvalue weighted by atomic mass is 35.5. The lowest BCUT2D eigenvalue weighted by molar-refractivity contribution is 0.923. The van der Waals surface area contributed by atoms with Crippen molar-refractivity contribution in [2.45, 2.75) is 6.54 Å². The number of hydrogen-bond donors (Lipinski definition) is 0. The van der Waals surface area contributed by atoms with Crippen LogP contribution in [-0.4, -0.2) is 7.05 Å². The topological polar surface area (TPSA) is 27.0 Å². The maximum absolute atomic E-state index is 8.85. The van der Waals surface area contributed by atoms with Crippen molar-refractivity contribution < 1.29 is 0 Å². The summed E-state index contributed by atoms with van der Waals surface area (Å²) in [4.78, 5) is 2.07. The van der Waals surface area contributed by atoms with Crippen molar-refractivity contribution in [3.63, 3.8) is 0 Å². The number of nitriles is 1. The van der Waals surface area contributed by atoms with Gasteiger partial charge in [-0.3, -0.25) is 0 Å². The number of rotatable bonds is 3. The van der Waals surface area contributed by atoms with Crippen molar-refractivity contribution in [3.8, 4) is 6.07 Å². The first kappa shape index (κ1) is 13.7. The van der Waals surface area contributed by atoms with Gasteiger partial charge in [-0.05, 0) is 35.9 Å². The molecule has 2 nitrogen and oxygen atoms in total. The molecule has 0 heterocycles. The molecule has 0 atom stereocenters. The second kappa shape index (κ2) is 5.97. The van der Waals surface area contributed by atoms with E-state index in [1.807, 2.05) is 37.4 Å². The van der Waals surface area contributed by atoms with Gasteiger partial charge in [-0.1, -0.05) is 35.3 Å². The zero-order chi connectivity index (χ0) is 13.8. The standard InChI is InChI=1S/C15H12Cl2N2/c1-19(10-11-2-5-13(16)6-3-11)14-7-4-12(9-18)15(17)8-14/h2-8H,10H2,1H3. The Bertz CT molecular complexity index is 615. The average molecular weight is 291 g/mol. The minimum Gasteiger partial charge on any atom is -0.370 e. The summed E-state index contributed by atoms with van der Waals surface area (Å²) < 4.78 is 0. The summed E-state index contributed by atoms with van der Waals surface area (Å²) in [7, 11) is 1.98. The number of anilines is 1. The van der Waals surface area contributed by atoms with Gasteiger partial charge in [-0.15, -0.1) is 0 Å². The molecule has 0 bridgehead atoms. The van der Waals surface area contributed by atoms with Gasteiger partial charge >= 0.3 is 0 Å². The van der Waals surface area contributed by atoms with Crippen LogP contribution >= 0.6 is 23.2 Å². The van der Waals surface area contributed by atoms with E-state index in [4.69, 9.17) is 28.5 Å². The van der Waals surface area contributed by atoms with Gasteiger partial charge in [-0.2, -0.15) is 5.26 Å². The van der Waals surface area contributed by atoms with Gasteiger partial charge in [0.25, 0.3) is 0 Å². The summed E-state index contributed by atoms with van der Waals surface area (Å²) in [6, 6.07) is 15.2. The Morgan fingerprint density at radius 2 is 1.79 bits per heavy atom. The van der Waals surface area contributed by atoms with Gasteiger partial charge in [0.15, 0.2) is 0 Å². The molecule has 0 N–H and O–H groups in total. The average Bonchev–Trinajstić information content (AvgIpc) is 2.41. The SMILES string of the molecule is CN(Cc1ccc(Cl)cc1)c1ccc(C#N)c(Cl)c1. The third kappa shape index (κ3) is 3.41. The van der Waals surface area contributed by atoms with Crippen LogP contribution in [0.1, 0.15) is 11.1 Å². The first-order valence-electron chi connectivity index (χ1n) is 5.75. The van der Waals surface area contributed by atoms with Crippen molar-refractivity contribution in [2.24, 2.45) is 0 Å². The lowest BCUT2D eigenvalue weighted by Gasteiger charge is -2.20. The second-order valence-electron chi connectivity index (χ2n) is 4.26. The van der Waals surface area contributed by atoms with E-state index in [1.165, 1.54) is 0 Å². The van der Waals surface area contributed by atoms with Crippen LogP contribution in [0.5, 0.6) is 0 Å². The first-order chi connectivity index (χ1) is 9.10. The van der Waals surface area contributed by atoms with Crippen molar-refractivity contribution in [2.75, 3.05) is 11.9 Å². The first-order valence-corrected chi connectivity index (χ1v) is 6.51. The third-order valence-electron chi connectivity index (χ3n) is 2.85. The maximum Gasteiger partial charge on any atom is 0.101 e. The predicted molar refractivity (Wildman–Crippen MR) is 79.7 cm³/mol. The third-order valence-corrected chi connectivity index (χ3v) is 3.41. The van der Waals surface area contributed by atoms with Crippen LogP contribution in [0.15, 0.2) is 42.5 Å². The molecule has 2 rings (SSSR count). The molecule has 96 valence electrons. The molecule has 0 unspecified atom stereocenters. The molecule has 0 aliphatic carbocycles. The molecule has 0 aliphatic heterocycles. The smallest absolute Gasteiger partial charge is 0.101 e. The van der Waals surface area contributed by atoms with Crippen LogP contribution in [0.3, 0.4) is 0 Å². The van der Waals surface area contributed by atoms with E-state index < -0.39 is 0 Å². The summed E-state index contributed by atoms with van der Waals surface area (Å²) in [6.07, 6.45) is 0. The van der Waals surface area contributed by atoms with Crippen molar-refractivity contribution in [1.82, 2.24) is 0 Å². The van der Waals surface area contributed by atoms with Crippen LogP contribution in [0.4, 0.5) is 5.69 Å². The van der Waals surface area contributed by atoms with Gasteiger partial charge in [0.1, 0.15) is 6.07 Å². The minimum atomic E-state index is 0.475. The summed E-state index contributed by atoms with van der Waals surface area (Å²) >= 11 is 11.9. The highest BCUT2D eigenvalue weighted by Gasteiger charge is 2.06. The monoisotopic (exact) mass is 290 g/mol. The van der Waals surface area contributed by atoms with Crippen LogP contribution in [0.25, 0.3) is 0 Å². The van der Waals surface area contributed by atoms with E-state index >= 15 is 0 Å². The zero-order valence-corrected chi connectivity index (χ0v) is 11.9. The number of hydrogen-bond acceptors (Lipinski definition) is 2. The van der Waals surface area contributed by atoms with Crippen LogP contribution in [0, 0.1) is 11.3 Å². The molecule has 0 saturated carbocycles. The summed E-state index contributed by atoms with van der Waals surface area (Å²) in [6.45, 7) is 0.749. The predicted octanol–water partition coefficient (Wildman–Crippen LogP) is 4.50. The molecule has 0 amide bonds. The molecule has 4 heteroatoms. The Morgan fingerprint density at radius 3 is 2.37 bits per heavy atom. The van der Waals surface area contributed by atoms with Crippen molar-refractivity contribution in [1.29, 1.82) is 5.26 Å². The second-order valence-corrected chi connectivity index (χ2v) is 5.10. The Kier molecular flexibility index (Phi) is 4.31. The van der Waals surface area contributed by atoms with E-state index in [9.17, 15) is 0 Å². The fourth-order valence-electron chi connectivity index (χ4n) is 1.79. The molecular formula is C15H12Cl2N2. The van der Waals surface area contributed by atoms with Crippen LogP contribution in [0.2, 0.25) is 10.0 Å². The zero-order valence-electron chi connectivity index (χ0n) is 10.4. The number of halogens is 2. The highest BCUT2D eigenvalue weighted by molar-refractivity contribution is 6.32. The van der Waals surface area contributed by atoms with Gasteiger partial charge in [0, 0.05) is 24.3 Å². The maximum atomic E-state index is 8.85. The molecule has 0 aromatic heterocycles. The van der Waals surface area contributed by atoms with E-state index in [2.05, 4.69) is 11.0 Å². The van der Waals surface area contributed by atoms with Gasteiger partial charge in [0.05, 0.1) is 10.6 Å². The fourth-order valence-corrected chi connectivity index (χ4v) is 2.13.